The number of hydrogen-bond acceptors (Lipinski definition) is 0. The molecule has 0 spiro atoms. The molecule has 0 bridgehead atoms. The lowest BCUT2D eigenvalue weighted by Crippen LogP contribution is -1.99. The van der Waals surface area contributed by atoms with Crippen LogP contribution >= 0.6 is 0 Å². The smallest absolute Gasteiger partial charge is 0.0247 e. The molecule has 0 saturated heterocycles. The van der Waals surface area contributed by atoms with Crippen molar-refractivity contribution in [2.24, 2.45) is 5.92 Å². The lowest BCUT2D eigenvalue weighted by atomic mass is 9.94. The highest BCUT2D eigenvalue weighted by atomic mass is 14.1. The van der Waals surface area contributed by atoms with E-state index < -0.39 is 0 Å². The van der Waals surface area contributed by atoms with Crippen molar-refractivity contribution in [3.63, 3.8) is 0 Å². The summed E-state index contributed by atoms with van der Waals surface area (Å²) >= 11 is 0. The molecule has 0 atom stereocenters. The molecule has 0 aliphatic rings. The van der Waals surface area contributed by atoms with Crippen molar-refractivity contribution >= 4 is 0 Å². The molecule has 0 unspecified atom stereocenters. The molecule has 0 nitrogen and oxygen atoms in total. The predicted molar refractivity (Wildman–Crippen MR) is 38.7 cm³/mol. The average molecular weight is 113 g/mol. The third-order valence-electron chi connectivity index (χ3n) is 1.63. The van der Waals surface area contributed by atoms with Crippen LogP contribution in [0.1, 0.15) is 40.5 Å². The van der Waals surface area contributed by atoms with E-state index in [0.717, 1.165) is 5.92 Å². The first-order valence-corrected chi connectivity index (χ1v) is 3.50. The highest BCUT2D eigenvalue weighted by Crippen LogP contribution is 2.17. The van der Waals surface area contributed by atoms with Gasteiger partial charge in [-0.25, -0.2) is 0 Å². The van der Waals surface area contributed by atoms with Crippen molar-refractivity contribution in [2.75, 3.05) is 0 Å². The molecule has 0 N–H and O–H groups in total. The summed E-state index contributed by atoms with van der Waals surface area (Å²) in [6, 6.07) is 0. The maximum Gasteiger partial charge on any atom is -0.0247 e. The van der Waals surface area contributed by atoms with Crippen LogP contribution in [-0.2, 0) is 0 Å². The number of rotatable bonds is 3. The summed E-state index contributed by atoms with van der Waals surface area (Å²) in [6.45, 7) is 8.98. The second-order valence-corrected chi connectivity index (χ2v) is 2.75. The summed E-state index contributed by atoms with van der Waals surface area (Å²) in [5, 5.41) is 0. The van der Waals surface area contributed by atoms with Gasteiger partial charge < -0.3 is 0 Å². The van der Waals surface area contributed by atoms with Gasteiger partial charge in [0.25, 0.3) is 0 Å². The van der Waals surface area contributed by atoms with E-state index in [-0.39, 0.29) is 0 Å². The summed E-state index contributed by atoms with van der Waals surface area (Å²) < 4.78 is 0. The van der Waals surface area contributed by atoms with Crippen LogP contribution in [0.2, 0.25) is 0 Å². The Morgan fingerprint density at radius 3 is 2.00 bits per heavy atom. The fraction of sp³-hybridized carbons (Fsp3) is 0.875. The molecule has 1 radical (unpaired) electrons. The normalized spacial score (nSPS) is 11.2. The summed E-state index contributed by atoms with van der Waals surface area (Å²) in [5.74, 6) is 2.42. The van der Waals surface area contributed by atoms with E-state index in [1.54, 1.807) is 5.92 Å². The summed E-state index contributed by atoms with van der Waals surface area (Å²) in [5.41, 5.74) is 0. The van der Waals surface area contributed by atoms with Gasteiger partial charge in [0.15, 0.2) is 0 Å². The van der Waals surface area contributed by atoms with Gasteiger partial charge in [0.1, 0.15) is 0 Å². The highest BCUT2D eigenvalue weighted by molar-refractivity contribution is 4.86. The van der Waals surface area contributed by atoms with Crippen LogP contribution in [0.4, 0.5) is 0 Å². The summed E-state index contributed by atoms with van der Waals surface area (Å²) in [6.07, 6.45) is 2.60. The molecule has 0 fully saturated rings. The SMILES string of the molecule is CCC[C](C)C(C)C. The van der Waals surface area contributed by atoms with E-state index in [4.69, 9.17) is 0 Å². The maximum atomic E-state index is 2.25. The average Bonchev–Trinajstić information content (AvgIpc) is 1.67. The minimum Gasteiger partial charge on any atom is -0.0654 e. The van der Waals surface area contributed by atoms with Crippen molar-refractivity contribution in [2.45, 2.75) is 40.5 Å². The Morgan fingerprint density at radius 1 is 1.38 bits per heavy atom. The van der Waals surface area contributed by atoms with Gasteiger partial charge in [-0.1, -0.05) is 34.1 Å². The molecule has 0 heterocycles. The van der Waals surface area contributed by atoms with Gasteiger partial charge in [-0.3, -0.25) is 0 Å². The van der Waals surface area contributed by atoms with Gasteiger partial charge >= 0.3 is 0 Å². The molecule has 0 aliphatic carbocycles. The molecule has 49 valence electrons. The highest BCUT2D eigenvalue weighted by Gasteiger charge is 2.04. The Morgan fingerprint density at radius 2 is 1.88 bits per heavy atom. The molecule has 0 aliphatic heterocycles. The van der Waals surface area contributed by atoms with Crippen molar-refractivity contribution in [1.82, 2.24) is 0 Å². The third kappa shape index (κ3) is 3.06. The van der Waals surface area contributed by atoms with E-state index in [2.05, 4.69) is 27.7 Å². The van der Waals surface area contributed by atoms with Crippen LogP contribution in [0.3, 0.4) is 0 Å². The van der Waals surface area contributed by atoms with Crippen LogP contribution in [0, 0.1) is 11.8 Å². The van der Waals surface area contributed by atoms with Crippen molar-refractivity contribution in [1.29, 1.82) is 0 Å². The molecule has 0 aromatic carbocycles. The molecule has 8 heavy (non-hydrogen) atoms. The molecule has 0 aromatic heterocycles. The van der Waals surface area contributed by atoms with Gasteiger partial charge in [0.2, 0.25) is 0 Å². The lowest BCUT2D eigenvalue weighted by Gasteiger charge is -2.12. The van der Waals surface area contributed by atoms with E-state index in [9.17, 15) is 0 Å². The van der Waals surface area contributed by atoms with Crippen LogP contribution in [-0.4, -0.2) is 0 Å². The third-order valence-corrected chi connectivity index (χ3v) is 1.63. The minimum atomic E-state index is 0.787. The molecule has 0 aromatic rings. The molecule has 0 amide bonds. The van der Waals surface area contributed by atoms with E-state index in [1.165, 1.54) is 12.8 Å². The van der Waals surface area contributed by atoms with Gasteiger partial charge in [-0.15, -0.1) is 0 Å². The number of hydrogen-bond donors (Lipinski definition) is 0. The maximum absolute atomic E-state index is 2.25. The minimum absolute atomic E-state index is 0.787. The second-order valence-electron chi connectivity index (χ2n) is 2.75. The van der Waals surface area contributed by atoms with Crippen molar-refractivity contribution in [3.8, 4) is 0 Å². The zero-order valence-electron chi connectivity index (χ0n) is 6.49. The van der Waals surface area contributed by atoms with E-state index >= 15 is 0 Å². The van der Waals surface area contributed by atoms with Gasteiger partial charge in [0.05, 0.1) is 0 Å². The van der Waals surface area contributed by atoms with Gasteiger partial charge in [-0.05, 0) is 18.3 Å². The van der Waals surface area contributed by atoms with Gasteiger partial charge in [0, 0.05) is 0 Å². The zero-order chi connectivity index (χ0) is 6.57. The largest absolute Gasteiger partial charge is 0.0654 e. The van der Waals surface area contributed by atoms with Crippen LogP contribution in [0.25, 0.3) is 0 Å². The van der Waals surface area contributed by atoms with Crippen LogP contribution in [0.15, 0.2) is 0 Å². The fourth-order valence-electron chi connectivity index (χ4n) is 0.683. The first-order chi connectivity index (χ1) is 3.68. The molecule has 0 saturated carbocycles. The monoisotopic (exact) mass is 113 g/mol. The second kappa shape index (κ2) is 3.94. The van der Waals surface area contributed by atoms with Gasteiger partial charge in [-0.2, -0.15) is 0 Å². The predicted octanol–water partition coefficient (Wildman–Crippen LogP) is 3.04. The first-order valence-electron chi connectivity index (χ1n) is 3.50. The molecule has 0 rings (SSSR count). The van der Waals surface area contributed by atoms with Crippen molar-refractivity contribution in [3.05, 3.63) is 5.92 Å². The first kappa shape index (κ1) is 8.00. The fourth-order valence-corrected chi connectivity index (χ4v) is 0.683. The topological polar surface area (TPSA) is 0 Å². The van der Waals surface area contributed by atoms with Crippen LogP contribution in [0.5, 0.6) is 0 Å². The Kier molecular flexibility index (Phi) is 3.94. The van der Waals surface area contributed by atoms with E-state index in [0.29, 0.717) is 0 Å². The summed E-state index contributed by atoms with van der Waals surface area (Å²) in [4.78, 5) is 0. The van der Waals surface area contributed by atoms with Crippen LogP contribution < -0.4 is 0 Å². The Bertz CT molecular complexity index is 46.0. The Balaban J connectivity index is 3.17. The molecular formula is C8H17. The zero-order valence-corrected chi connectivity index (χ0v) is 6.49. The Labute approximate surface area is 53.3 Å². The van der Waals surface area contributed by atoms with Crippen molar-refractivity contribution < 1.29 is 0 Å². The molecular weight excluding hydrogens is 96.1 g/mol. The lowest BCUT2D eigenvalue weighted by molar-refractivity contribution is 0.599. The molecule has 0 heteroatoms. The standard InChI is InChI=1S/C8H17/c1-5-6-8(4)7(2)3/h7H,5-6H2,1-4H3. The quantitative estimate of drug-likeness (QED) is 0.527. The Hall–Kier alpha value is 0. The summed E-state index contributed by atoms with van der Waals surface area (Å²) in [7, 11) is 0. The van der Waals surface area contributed by atoms with E-state index in [1.807, 2.05) is 0 Å².